The van der Waals surface area contributed by atoms with Crippen molar-refractivity contribution in [3.05, 3.63) is 64.1 Å². The van der Waals surface area contributed by atoms with Crippen LogP contribution in [0.5, 0.6) is 0 Å². The normalized spacial score (nSPS) is 11.9. The van der Waals surface area contributed by atoms with Gasteiger partial charge in [-0.05, 0) is 54.8 Å². The van der Waals surface area contributed by atoms with E-state index in [2.05, 4.69) is 5.32 Å². The van der Waals surface area contributed by atoms with Crippen molar-refractivity contribution in [3.8, 4) is 0 Å². The summed E-state index contributed by atoms with van der Waals surface area (Å²) < 4.78 is 0. The van der Waals surface area contributed by atoms with Gasteiger partial charge in [0, 0.05) is 40.2 Å². The number of amides is 2. The van der Waals surface area contributed by atoms with Gasteiger partial charge in [0.1, 0.15) is 6.04 Å². The molecule has 0 saturated heterocycles. The zero-order valence-corrected chi connectivity index (χ0v) is 19.9. The molecule has 0 unspecified atom stereocenters. The van der Waals surface area contributed by atoms with E-state index in [0.29, 0.717) is 41.2 Å². The quantitative estimate of drug-likeness (QED) is 0.459. The van der Waals surface area contributed by atoms with E-state index >= 15 is 0 Å². The highest BCUT2D eigenvalue weighted by Crippen LogP contribution is 2.22. The molecule has 0 radical (unpaired) electrons. The molecule has 1 N–H and O–H groups in total. The Labute approximate surface area is 193 Å². The number of hydrogen-bond acceptors (Lipinski definition) is 3. The van der Waals surface area contributed by atoms with Crippen LogP contribution in [0.3, 0.4) is 0 Å². The van der Waals surface area contributed by atoms with Gasteiger partial charge in [-0.25, -0.2) is 0 Å². The maximum Gasteiger partial charge on any atom is 0.242 e. The molecular formula is C23H28Cl2N2O2S. The zero-order valence-electron chi connectivity index (χ0n) is 17.5. The first-order chi connectivity index (χ1) is 14.3. The topological polar surface area (TPSA) is 49.4 Å². The van der Waals surface area contributed by atoms with Crippen LogP contribution < -0.4 is 5.32 Å². The van der Waals surface area contributed by atoms with E-state index < -0.39 is 6.04 Å². The Morgan fingerprint density at radius 3 is 2.37 bits per heavy atom. The lowest BCUT2D eigenvalue weighted by Gasteiger charge is -2.29. The molecule has 0 aliphatic heterocycles. The van der Waals surface area contributed by atoms with Crippen LogP contribution in [0.1, 0.15) is 32.8 Å². The molecular weight excluding hydrogens is 439 g/mol. The fraction of sp³-hybridized carbons (Fsp3) is 0.391. The number of rotatable bonds is 10. The molecule has 0 saturated carbocycles. The van der Waals surface area contributed by atoms with Gasteiger partial charge in [-0.3, -0.25) is 9.59 Å². The van der Waals surface area contributed by atoms with E-state index in [1.54, 1.807) is 29.7 Å². The Kier molecular flexibility index (Phi) is 10.0. The minimum absolute atomic E-state index is 0.0661. The molecule has 2 amide bonds. The monoisotopic (exact) mass is 466 g/mol. The maximum absolute atomic E-state index is 13.0. The Morgan fingerprint density at radius 2 is 1.73 bits per heavy atom. The van der Waals surface area contributed by atoms with Crippen LogP contribution in [0.25, 0.3) is 0 Å². The summed E-state index contributed by atoms with van der Waals surface area (Å²) in [6.45, 7) is 6.75. The van der Waals surface area contributed by atoms with E-state index in [1.165, 1.54) is 0 Å². The zero-order chi connectivity index (χ0) is 22.1. The molecule has 0 fully saturated rings. The summed E-state index contributed by atoms with van der Waals surface area (Å²) in [4.78, 5) is 28.3. The highest BCUT2D eigenvalue weighted by atomic mass is 35.5. The predicted molar refractivity (Wildman–Crippen MR) is 126 cm³/mol. The van der Waals surface area contributed by atoms with Crippen molar-refractivity contribution >= 4 is 46.8 Å². The van der Waals surface area contributed by atoms with E-state index in [-0.39, 0.29) is 11.8 Å². The molecule has 0 aromatic heterocycles. The molecule has 2 aromatic rings. The third kappa shape index (κ3) is 8.21. The van der Waals surface area contributed by atoms with E-state index in [0.717, 1.165) is 10.5 Å². The number of carbonyl (C=O) groups excluding carboxylic acids is 2. The van der Waals surface area contributed by atoms with Gasteiger partial charge in [-0.1, -0.05) is 49.2 Å². The third-order valence-electron chi connectivity index (χ3n) is 4.49. The van der Waals surface area contributed by atoms with Gasteiger partial charge in [0.2, 0.25) is 11.8 Å². The summed E-state index contributed by atoms with van der Waals surface area (Å²) >= 11 is 13.6. The Bertz CT molecular complexity index is 843. The summed E-state index contributed by atoms with van der Waals surface area (Å²) in [6, 6.07) is 14.3. The second-order valence-electron chi connectivity index (χ2n) is 7.52. The summed E-state index contributed by atoms with van der Waals surface area (Å²) in [6.07, 6.45) is 0.329. The number of halogens is 2. The number of hydrogen-bond donors (Lipinski definition) is 1. The molecule has 7 heteroatoms. The van der Waals surface area contributed by atoms with Crippen LogP contribution in [0.2, 0.25) is 10.0 Å². The highest BCUT2D eigenvalue weighted by molar-refractivity contribution is 7.99. The van der Waals surface area contributed by atoms with Crippen molar-refractivity contribution in [2.45, 2.75) is 44.7 Å². The van der Waals surface area contributed by atoms with Crippen molar-refractivity contribution in [1.29, 1.82) is 0 Å². The van der Waals surface area contributed by atoms with Crippen LogP contribution >= 0.6 is 35.0 Å². The van der Waals surface area contributed by atoms with Gasteiger partial charge in [0.15, 0.2) is 0 Å². The van der Waals surface area contributed by atoms with Gasteiger partial charge in [-0.2, -0.15) is 0 Å². The van der Waals surface area contributed by atoms with Crippen molar-refractivity contribution in [2.24, 2.45) is 5.92 Å². The van der Waals surface area contributed by atoms with Crippen molar-refractivity contribution < 1.29 is 9.59 Å². The van der Waals surface area contributed by atoms with Crippen molar-refractivity contribution in [3.63, 3.8) is 0 Å². The maximum atomic E-state index is 13.0. The lowest BCUT2D eigenvalue weighted by atomic mass is 10.1. The highest BCUT2D eigenvalue weighted by Gasteiger charge is 2.26. The fourth-order valence-electron chi connectivity index (χ4n) is 2.80. The first-order valence-corrected chi connectivity index (χ1v) is 11.7. The van der Waals surface area contributed by atoms with Gasteiger partial charge in [-0.15, -0.1) is 11.8 Å². The molecule has 0 aliphatic rings. The minimum atomic E-state index is -0.573. The number of thioether (sulfide) groups is 1. The third-order valence-corrected chi connectivity index (χ3v) is 5.99. The molecule has 30 heavy (non-hydrogen) atoms. The molecule has 0 spiro atoms. The van der Waals surface area contributed by atoms with Crippen LogP contribution in [0.15, 0.2) is 53.4 Å². The molecule has 1 atom stereocenters. The standard InChI is InChI=1S/C23H28Cl2N2O2S/c1-16(2)14-26-23(29)17(3)27(15-18-5-4-6-20(25)13-18)22(28)11-12-30-21-9-7-19(24)8-10-21/h4-10,13,16-17H,11-12,14-15H2,1-3H3,(H,26,29)/t17-/m1/s1. The molecule has 0 bridgehead atoms. The Balaban J connectivity index is 2.05. The number of carbonyl (C=O) groups is 2. The average molecular weight is 467 g/mol. The van der Waals surface area contributed by atoms with E-state index in [1.807, 2.05) is 56.3 Å². The lowest BCUT2D eigenvalue weighted by Crippen LogP contribution is -2.48. The molecule has 2 rings (SSSR count). The number of nitrogens with zero attached hydrogens (tertiary/aromatic N) is 1. The molecule has 2 aromatic carbocycles. The van der Waals surface area contributed by atoms with E-state index in [4.69, 9.17) is 23.2 Å². The molecule has 0 heterocycles. The SMILES string of the molecule is CC(C)CNC(=O)[C@@H](C)N(Cc1cccc(Cl)c1)C(=O)CCSc1ccc(Cl)cc1. The van der Waals surface area contributed by atoms with Crippen LogP contribution in [0.4, 0.5) is 0 Å². The summed E-state index contributed by atoms with van der Waals surface area (Å²) in [5, 5.41) is 4.22. The van der Waals surface area contributed by atoms with Gasteiger partial charge < -0.3 is 10.2 Å². The van der Waals surface area contributed by atoms with Gasteiger partial charge in [0.05, 0.1) is 0 Å². The largest absolute Gasteiger partial charge is 0.354 e. The van der Waals surface area contributed by atoms with Crippen LogP contribution in [-0.2, 0) is 16.1 Å². The smallest absolute Gasteiger partial charge is 0.242 e. The fourth-order valence-corrected chi connectivity index (χ4v) is 3.98. The predicted octanol–water partition coefficient (Wildman–Crippen LogP) is 5.67. The van der Waals surface area contributed by atoms with Crippen LogP contribution in [0, 0.1) is 5.92 Å². The van der Waals surface area contributed by atoms with Crippen molar-refractivity contribution in [2.75, 3.05) is 12.3 Å². The molecule has 4 nitrogen and oxygen atoms in total. The van der Waals surface area contributed by atoms with Crippen molar-refractivity contribution in [1.82, 2.24) is 10.2 Å². The van der Waals surface area contributed by atoms with E-state index in [9.17, 15) is 9.59 Å². The van der Waals surface area contributed by atoms with Gasteiger partial charge >= 0.3 is 0 Å². The first-order valence-electron chi connectivity index (χ1n) is 9.96. The van der Waals surface area contributed by atoms with Crippen LogP contribution in [-0.4, -0.2) is 35.1 Å². The molecule has 0 aliphatic carbocycles. The van der Waals surface area contributed by atoms with Gasteiger partial charge in [0.25, 0.3) is 0 Å². The Morgan fingerprint density at radius 1 is 1.03 bits per heavy atom. The lowest BCUT2D eigenvalue weighted by molar-refractivity contribution is -0.140. The first kappa shape index (κ1) is 24.6. The minimum Gasteiger partial charge on any atom is -0.354 e. The second kappa shape index (κ2) is 12.2. The average Bonchev–Trinajstić information content (AvgIpc) is 2.71. The molecule has 162 valence electrons. The number of nitrogens with one attached hydrogen (secondary N) is 1. The summed E-state index contributed by atoms with van der Waals surface area (Å²) in [7, 11) is 0. The number of benzene rings is 2. The summed E-state index contributed by atoms with van der Waals surface area (Å²) in [5.41, 5.74) is 0.893. The summed E-state index contributed by atoms with van der Waals surface area (Å²) in [5.74, 6) is 0.745. The Hall–Kier alpha value is -1.69. The second-order valence-corrected chi connectivity index (χ2v) is 9.56.